The van der Waals surface area contributed by atoms with Crippen LogP contribution in [0.5, 0.6) is 5.75 Å². The number of fused-ring (bicyclic) bond motifs is 1. The van der Waals surface area contributed by atoms with Crippen molar-refractivity contribution in [1.29, 1.82) is 0 Å². The smallest absolute Gasteiger partial charge is 0.330 e. The third-order valence-corrected chi connectivity index (χ3v) is 7.12. The summed E-state index contributed by atoms with van der Waals surface area (Å²) in [4.78, 5) is 23.9. The number of phenols is 1. The Bertz CT molecular complexity index is 1100. The highest BCUT2D eigenvalue weighted by Crippen LogP contribution is 2.51. The highest BCUT2D eigenvalue weighted by Gasteiger charge is 2.66. The van der Waals surface area contributed by atoms with Crippen molar-refractivity contribution >= 4 is 18.0 Å². The molecule has 13 nitrogen and oxygen atoms in total. The minimum atomic E-state index is -1.91. The number of hydrogen-bond donors (Lipinski definition) is 6. The molecule has 2 heterocycles. The first-order chi connectivity index (χ1) is 18.3. The van der Waals surface area contributed by atoms with E-state index < -0.39 is 78.8 Å². The molecule has 0 radical (unpaired) electrons. The fourth-order valence-electron chi connectivity index (χ4n) is 5.20. The van der Waals surface area contributed by atoms with E-state index in [4.69, 9.17) is 23.7 Å². The summed E-state index contributed by atoms with van der Waals surface area (Å²) in [5, 5.41) is 62.4. The molecule has 0 aromatic heterocycles. The molecule has 0 bridgehead atoms. The van der Waals surface area contributed by atoms with Crippen LogP contribution in [0.25, 0.3) is 6.08 Å². The minimum Gasteiger partial charge on any atom is -0.508 e. The van der Waals surface area contributed by atoms with Gasteiger partial charge in [-0.25, -0.2) is 4.79 Å². The molecule has 214 valence electrons. The molecule has 1 aromatic carbocycles. The van der Waals surface area contributed by atoms with Crippen LogP contribution in [0.2, 0.25) is 0 Å². The average Bonchev–Trinajstić information content (AvgIpc) is 3.07. The molecule has 6 N–H and O–H groups in total. The Kier molecular flexibility index (Phi) is 8.33. The first kappa shape index (κ1) is 29.0. The molecule has 3 aliphatic rings. The van der Waals surface area contributed by atoms with Gasteiger partial charge in [0.1, 0.15) is 48.0 Å². The molecule has 2 fully saturated rings. The minimum absolute atomic E-state index is 0.0649. The predicted octanol–water partition coefficient (Wildman–Crippen LogP) is -0.924. The standard InChI is InChI=1S/C26H32O13/c1-13(27)39-25(2)11-17(29)26(34)9-10-35-24(22(25)26)38-23-21(33)20(32)19(31)16(37-23)12-36-18(30)8-5-14-3-6-15(28)7-4-14/h3-10,16-17,19-24,28-29,31-34H,11-12H2,1-2H3/t16-,17-,19-,20+,21-,22-,23+,24+,25+,26-/m1/s1. The van der Waals surface area contributed by atoms with Crippen LogP contribution in [0.4, 0.5) is 0 Å². The summed E-state index contributed by atoms with van der Waals surface area (Å²) >= 11 is 0. The van der Waals surface area contributed by atoms with Crippen LogP contribution in [0, 0.1) is 5.92 Å². The van der Waals surface area contributed by atoms with E-state index in [-0.39, 0.29) is 12.2 Å². The van der Waals surface area contributed by atoms with Crippen molar-refractivity contribution in [2.24, 2.45) is 5.92 Å². The van der Waals surface area contributed by atoms with Crippen molar-refractivity contribution in [3.63, 3.8) is 0 Å². The van der Waals surface area contributed by atoms with Gasteiger partial charge in [0.25, 0.3) is 0 Å². The maximum atomic E-state index is 12.2. The van der Waals surface area contributed by atoms with E-state index in [0.29, 0.717) is 5.56 Å². The maximum Gasteiger partial charge on any atom is 0.330 e. The van der Waals surface area contributed by atoms with Gasteiger partial charge in [-0.2, -0.15) is 0 Å². The summed E-state index contributed by atoms with van der Waals surface area (Å²) in [6.07, 6.45) is -6.24. The lowest BCUT2D eigenvalue weighted by atomic mass is 9.81. The molecule has 10 atom stereocenters. The van der Waals surface area contributed by atoms with Crippen molar-refractivity contribution < 1.29 is 63.9 Å². The van der Waals surface area contributed by atoms with Gasteiger partial charge in [-0.15, -0.1) is 0 Å². The van der Waals surface area contributed by atoms with Crippen LogP contribution in [0.3, 0.4) is 0 Å². The summed E-state index contributed by atoms with van der Waals surface area (Å²) in [6.45, 7) is 2.14. The van der Waals surface area contributed by atoms with Crippen LogP contribution in [0.1, 0.15) is 25.8 Å². The van der Waals surface area contributed by atoms with Gasteiger partial charge in [0.2, 0.25) is 6.29 Å². The van der Waals surface area contributed by atoms with Gasteiger partial charge in [0.05, 0.1) is 18.3 Å². The van der Waals surface area contributed by atoms with Crippen molar-refractivity contribution in [2.45, 2.75) is 74.6 Å². The SMILES string of the molecule is CC(=O)O[C@@]1(C)C[C@@H](O)[C@]2(O)C=CO[C@@H](O[C@@H]3O[C@H](COC(=O)C=Cc4ccc(O)cc4)[C@@H](O)[C@H](O)[C@H]3O)[C@@H]21. The molecule has 0 spiro atoms. The molecule has 0 unspecified atom stereocenters. The van der Waals surface area contributed by atoms with Crippen LogP contribution < -0.4 is 0 Å². The quantitative estimate of drug-likeness (QED) is 0.179. The fraction of sp³-hybridized carbons (Fsp3) is 0.538. The summed E-state index contributed by atoms with van der Waals surface area (Å²) in [7, 11) is 0. The van der Waals surface area contributed by atoms with Gasteiger partial charge in [-0.1, -0.05) is 12.1 Å². The lowest BCUT2D eigenvalue weighted by molar-refractivity contribution is -0.351. The van der Waals surface area contributed by atoms with Crippen LogP contribution in [-0.2, 0) is 33.3 Å². The lowest BCUT2D eigenvalue weighted by Gasteiger charge is -2.46. The van der Waals surface area contributed by atoms with E-state index in [9.17, 15) is 40.2 Å². The second-order valence-corrected chi connectivity index (χ2v) is 10.0. The Hall–Kier alpha value is -3.04. The third kappa shape index (κ3) is 5.94. The second kappa shape index (κ2) is 11.2. The van der Waals surface area contributed by atoms with E-state index in [1.807, 2.05) is 0 Å². The Morgan fingerprint density at radius 3 is 2.44 bits per heavy atom. The number of aromatic hydroxyl groups is 1. The number of rotatable bonds is 7. The van der Waals surface area contributed by atoms with Crippen molar-refractivity contribution in [1.82, 2.24) is 0 Å². The topological polar surface area (TPSA) is 202 Å². The van der Waals surface area contributed by atoms with Gasteiger partial charge in [-0.05, 0) is 36.8 Å². The zero-order valence-corrected chi connectivity index (χ0v) is 21.2. The number of carbonyl (C=O) groups excluding carboxylic acids is 2. The Morgan fingerprint density at radius 2 is 1.77 bits per heavy atom. The van der Waals surface area contributed by atoms with E-state index >= 15 is 0 Å². The Morgan fingerprint density at radius 1 is 1.08 bits per heavy atom. The average molecular weight is 553 g/mol. The van der Waals surface area contributed by atoms with Gasteiger partial charge in [-0.3, -0.25) is 4.79 Å². The van der Waals surface area contributed by atoms with E-state index in [2.05, 4.69) is 0 Å². The second-order valence-electron chi connectivity index (χ2n) is 10.0. The lowest BCUT2D eigenvalue weighted by Crippen LogP contribution is -2.62. The van der Waals surface area contributed by atoms with Crippen LogP contribution in [0.15, 0.2) is 42.7 Å². The molecule has 1 aliphatic carbocycles. The highest BCUT2D eigenvalue weighted by atomic mass is 16.8. The normalized spacial score (nSPS) is 39.7. The molecular weight excluding hydrogens is 520 g/mol. The summed E-state index contributed by atoms with van der Waals surface area (Å²) in [5.41, 5.74) is -2.74. The van der Waals surface area contributed by atoms with E-state index in [1.54, 1.807) is 12.1 Å². The number of aliphatic hydroxyl groups is 5. The molecule has 13 heteroatoms. The first-order valence-corrected chi connectivity index (χ1v) is 12.3. The molecule has 0 amide bonds. The van der Waals surface area contributed by atoms with Crippen molar-refractivity contribution in [3.8, 4) is 5.75 Å². The molecule has 1 aromatic rings. The van der Waals surface area contributed by atoms with Crippen molar-refractivity contribution in [2.75, 3.05) is 6.61 Å². The van der Waals surface area contributed by atoms with Gasteiger partial charge in [0.15, 0.2) is 6.29 Å². The number of benzene rings is 1. The molecule has 1 saturated carbocycles. The number of carbonyl (C=O) groups is 2. The molecule has 1 saturated heterocycles. The van der Waals surface area contributed by atoms with Gasteiger partial charge >= 0.3 is 11.9 Å². The Labute approximate surface area is 223 Å². The van der Waals surface area contributed by atoms with Gasteiger partial charge < -0.3 is 54.3 Å². The molecule has 4 rings (SSSR count). The monoisotopic (exact) mass is 552 g/mol. The number of esters is 2. The largest absolute Gasteiger partial charge is 0.508 e. The van der Waals surface area contributed by atoms with E-state index in [0.717, 1.165) is 12.3 Å². The van der Waals surface area contributed by atoms with Crippen LogP contribution >= 0.6 is 0 Å². The maximum absolute atomic E-state index is 12.2. The summed E-state index contributed by atoms with van der Waals surface area (Å²) in [5.74, 6) is -2.57. The molecule has 2 aliphatic heterocycles. The van der Waals surface area contributed by atoms with Crippen molar-refractivity contribution in [3.05, 3.63) is 48.2 Å². The van der Waals surface area contributed by atoms with Gasteiger partial charge in [0, 0.05) is 19.4 Å². The van der Waals surface area contributed by atoms with Crippen LogP contribution in [-0.4, -0.2) is 103 Å². The summed E-state index contributed by atoms with van der Waals surface area (Å²) in [6, 6.07) is 6.04. The molecule has 39 heavy (non-hydrogen) atoms. The number of hydrogen-bond acceptors (Lipinski definition) is 13. The predicted molar refractivity (Wildman–Crippen MR) is 129 cm³/mol. The first-order valence-electron chi connectivity index (χ1n) is 12.3. The number of phenolic OH excluding ortho intramolecular Hbond substituents is 1. The van der Waals surface area contributed by atoms with E-state index in [1.165, 1.54) is 38.1 Å². The summed E-state index contributed by atoms with van der Waals surface area (Å²) < 4.78 is 27.4. The number of ether oxygens (including phenoxy) is 5. The zero-order chi connectivity index (χ0) is 28.5. The Balaban J connectivity index is 1.44. The zero-order valence-electron chi connectivity index (χ0n) is 21.2. The molecular formula is C26H32O13. The third-order valence-electron chi connectivity index (χ3n) is 7.12. The number of aliphatic hydroxyl groups excluding tert-OH is 4. The highest BCUT2D eigenvalue weighted by molar-refractivity contribution is 5.87. The fourth-order valence-corrected chi connectivity index (χ4v) is 5.20.